The normalized spacial score (nSPS) is 20.8. The van der Waals surface area contributed by atoms with Gasteiger partial charge in [0.15, 0.2) is 0 Å². The number of hydrogen-bond donors (Lipinski definition) is 1. The van der Waals surface area contributed by atoms with Crippen LogP contribution >= 0.6 is 0 Å². The largest absolute Gasteiger partial charge is 0.381 e. The van der Waals surface area contributed by atoms with Crippen LogP contribution in [0, 0.1) is 22.7 Å². The maximum Gasteiger partial charge on any atom is 0.240 e. The van der Waals surface area contributed by atoms with Crippen LogP contribution in [0.1, 0.15) is 33.1 Å². The van der Waals surface area contributed by atoms with Gasteiger partial charge in [-0.05, 0) is 18.8 Å². The van der Waals surface area contributed by atoms with Crippen molar-refractivity contribution in [1.29, 1.82) is 5.26 Å². The molecule has 0 spiro atoms. The van der Waals surface area contributed by atoms with Crippen molar-refractivity contribution < 1.29 is 9.53 Å². The Kier molecular flexibility index (Phi) is 4.75. The monoisotopic (exact) mass is 224 g/mol. The van der Waals surface area contributed by atoms with E-state index in [1.807, 2.05) is 0 Å². The highest BCUT2D eigenvalue weighted by Crippen LogP contribution is 2.29. The van der Waals surface area contributed by atoms with Crippen molar-refractivity contribution in [3.8, 4) is 6.07 Å². The number of nitriles is 1. The maximum atomic E-state index is 12.0. The van der Waals surface area contributed by atoms with Crippen molar-refractivity contribution in [2.75, 3.05) is 19.8 Å². The van der Waals surface area contributed by atoms with Gasteiger partial charge in [0.25, 0.3) is 0 Å². The fourth-order valence-electron chi connectivity index (χ4n) is 1.69. The number of nitrogens with zero attached hydrogens (tertiary/aromatic N) is 1. The molecule has 1 aliphatic rings. The third-order valence-corrected chi connectivity index (χ3v) is 3.30. The molecular formula is C12H20N2O2. The summed E-state index contributed by atoms with van der Waals surface area (Å²) < 4.78 is 5.19. The number of ether oxygens (including phenoxy) is 1. The number of amides is 1. The van der Waals surface area contributed by atoms with Crippen LogP contribution in [0.4, 0.5) is 0 Å². The zero-order chi connectivity index (χ0) is 12.0. The molecule has 1 amide bonds. The Hall–Kier alpha value is -1.08. The molecule has 0 radical (unpaired) electrons. The van der Waals surface area contributed by atoms with Crippen LogP contribution in [0.15, 0.2) is 0 Å². The average molecular weight is 224 g/mol. The number of rotatable bonds is 4. The van der Waals surface area contributed by atoms with Crippen molar-refractivity contribution in [3.63, 3.8) is 0 Å². The van der Waals surface area contributed by atoms with E-state index in [4.69, 9.17) is 10.00 Å². The van der Waals surface area contributed by atoms with E-state index in [2.05, 4.69) is 25.2 Å². The molecule has 0 aliphatic carbocycles. The Morgan fingerprint density at radius 3 is 2.69 bits per heavy atom. The van der Waals surface area contributed by atoms with E-state index < -0.39 is 5.41 Å². The first-order valence-electron chi connectivity index (χ1n) is 5.92. The molecule has 1 aliphatic heterocycles. The van der Waals surface area contributed by atoms with Crippen molar-refractivity contribution in [3.05, 3.63) is 0 Å². The van der Waals surface area contributed by atoms with Crippen molar-refractivity contribution in [1.82, 2.24) is 5.32 Å². The zero-order valence-corrected chi connectivity index (χ0v) is 10.1. The van der Waals surface area contributed by atoms with E-state index in [0.717, 1.165) is 6.42 Å². The minimum absolute atomic E-state index is 0.126. The lowest BCUT2D eigenvalue weighted by atomic mass is 9.81. The molecule has 0 bridgehead atoms. The van der Waals surface area contributed by atoms with Crippen LogP contribution in [0.5, 0.6) is 0 Å². The Morgan fingerprint density at radius 2 is 2.19 bits per heavy atom. The van der Waals surface area contributed by atoms with Crippen LogP contribution in [0.25, 0.3) is 0 Å². The molecule has 1 fully saturated rings. The lowest BCUT2D eigenvalue weighted by Gasteiger charge is -2.29. The molecule has 1 saturated heterocycles. The first-order chi connectivity index (χ1) is 7.64. The summed E-state index contributed by atoms with van der Waals surface area (Å²) in [4.78, 5) is 12.0. The Morgan fingerprint density at radius 1 is 1.56 bits per heavy atom. The minimum atomic E-state index is -0.855. The Labute approximate surface area is 97.0 Å². The SMILES string of the molecule is CCC(C)CNC(=O)C1(C#N)CCOCC1. The van der Waals surface area contributed by atoms with Crippen LogP contribution in [-0.2, 0) is 9.53 Å². The molecule has 1 atom stereocenters. The molecule has 4 nitrogen and oxygen atoms in total. The zero-order valence-electron chi connectivity index (χ0n) is 10.1. The number of nitrogens with one attached hydrogen (secondary N) is 1. The molecule has 0 aromatic rings. The minimum Gasteiger partial charge on any atom is -0.381 e. The van der Waals surface area contributed by atoms with Gasteiger partial charge in [-0.15, -0.1) is 0 Å². The van der Waals surface area contributed by atoms with Crippen molar-refractivity contribution in [2.24, 2.45) is 11.3 Å². The standard InChI is InChI=1S/C12H20N2O2/c1-3-10(2)8-14-11(15)12(9-13)4-6-16-7-5-12/h10H,3-8H2,1-2H3,(H,14,15). The predicted molar refractivity (Wildman–Crippen MR) is 60.6 cm³/mol. The third-order valence-electron chi connectivity index (χ3n) is 3.30. The van der Waals surface area contributed by atoms with E-state index in [9.17, 15) is 4.79 Å². The quantitative estimate of drug-likeness (QED) is 0.786. The predicted octanol–water partition coefficient (Wildman–Crippen LogP) is 1.47. The van der Waals surface area contributed by atoms with Gasteiger partial charge in [0.1, 0.15) is 5.41 Å². The summed E-state index contributed by atoms with van der Waals surface area (Å²) in [7, 11) is 0. The van der Waals surface area contributed by atoms with Crippen LogP contribution in [0.2, 0.25) is 0 Å². The van der Waals surface area contributed by atoms with Gasteiger partial charge in [-0.25, -0.2) is 0 Å². The third kappa shape index (κ3) is 2.96. The summed E-state index contributed by atoms with van der Waals surface area (Å²) in [5.74, 6) is 0.332. The molecule has 0 aromatic carbocycles. The van der Waals surface area contributed by atoms with Gasteiger partial charge in [0, 0.05) is 19.8 Å². The summed E-state index contributed by atoms with van der Waals surface area (Å²) in [6.45, 7) is 5.84. The molecule has 1 N–H and O–H groups in total. The lowest BCUT2D eigenvalue weighted by molar-refractivity contribution is -0.132. The van der Waals surface area contributed by atoms with E-state index in [0.29, 0.717) is 38.5 Å². The fourth-order valence-corrected chi connectivity index (χ4v) is 1.69. The van der Waals surface area contributed by atoms with Gasteiger partial charge in [-0.3, -0.25) is 4.79 Å². The van der Waals surface area contributed by atoms with E-state index in [1.165, 1.54) is 0 Å². The number of hydrogen-bond acceptors (Lipinski definition) is 3. The second kappa shape index (κ2) is 5.86. The molecule has 16 heavy (non-hydrogen) atoms. The van der Waals surface area contributed by atoms with Gasteiger partial charge >= 0.3 is 0 Å². The molecule has 0 aromatic heterocycles. The average Bonchev–Trinajstić information content (AvgIpc) is 2.36. The second-order valence-corrected chi connectivity index (χ2v) is 4.53. The first-order valence-corrected chi connectivity index (χ1v) is 5.92. The first kappa shape index (κ1) is 13.0. The topological polar surface area (TPSA) is 62.1 Å². The molecule has 0 saturated carbocycles. The van der Waals surface area contributed by atoms with Gasteiger partial charge in [-0.2, -0.15) is 5.26 Å². The molecule has 1 rings (SSSR count). The van der Waals surface area contributed by atoms with Crippen LogP contribution in [0.3, 0.4) is 0 Å². The van der Waals surface area contributed by atoms with E-state index in [-0.39, 0.29) is 5.91 Å². The fraction of sp³-hybridized carbons (Fsp3) is 0.833. The molecule has 90 valence electrons. The molecule has 1 heterocycles. The van der Waals surface area contributed by atoms with Crippen molar-refractivity contribution in [2.45, 2.75) is 33.1 Å². The summed E-state index contributed by atoms with van der Waals surface area (Å²) in [6, 6.07) is 2.17. The highest BCUT2D eigenvalue weighted by molar-refractivity contribution is 5.85. The van der Waals surface area contributed by atoms with E-state index >= 15 is 0 Å². The summed E-state index contributed by atoms with van der Waals surface area (Å²) in [5, 5.41) is 12.0. The molecule has 1 unspecified atom stereocenters. The van der Waals surface area contributed by atoms with E-state index in [1.54, 1.807) is 0 Å². The van der Waals surface area contributed by atoms with Gasteiger partial charge < -0.3 is 10.1 Å². The highest BCUT2D eigenvalue weighted by Gasteiger charge is 2.40. The Bertz CT molecular complexity index is 277. The highest BCUT2D eigenvalue weighted by atomic mass is 16.5. The maximum absolute atomic E-state index is 12.0. The van der Waals surface area contributed by atoms with Crippen LogP contribution < -0.4 is 5.32 Å². The summed E-state index contributed by atoms with van der Waals surface area (Å²) >= 11 is 0. The van der Waals surface area contributed by atoms with Crippen LogP contribution in [-0.4, -0.2) is 25.7 Å². The molecule has 4 heteroatoms. The number of carbonyl (C=O) groups excluding carboxylic acids is 1. The Balaban J connectivity index is 2.53. The summed E-state index contributed by atoms with van der Waals surface area (Å²) in [6.07, 6.45) is 2.05. The smallest absolute Gasteiger partial charge is 0.240 e. The lowest BCUT2D eigenvalue weighted by Crippen LogP contribution is -2.44. The van der Waals surface area contributed by atoms with Gasteiger partial charge in [0.2, 0.25) is 5.91 Å². The van der Waals surface area contributed by atoms with Crippen molar-refractivity contribution >= 4 is 5.91 Å². The summed E-state index contributed by atoms with van der Waals surface area (Å²) in [5.41, 5.74) is -0.855. The number of carbonyl (C=O) groups is 1. The molecular weight excluding hydrogens is 204 g/mol. The van der Waals surface area contributed by atoms with Gasteiger partial charge in [0.05, 0.1) is 6.07 Å². The van der Waals surface area contributed by atoms with Gasteiger partial charge in [-0.1, -0.05) is 20.3 Å². The second-order valence-electron chi connectivity index (χ2n) is 4.53.